The molecule has 0 aliphatic rings. The van der Waals surface area contributed by atoms with Crippen molar-refractivity contribution in [2.75, 3.05) is 0 Å². The van der Waals surface area contributed by atoms with Gasteiger partial charge >= 0.3 is 0 Å². The van der Waals surface area contributed by atoms with E-state index in [1.807, 2.05) is 18.2 Å². The van der Waals surface area contributed by atoms with Crippen LogP contribution in [0, 0.1) is 0 Å². The quantitative estimate of drug-likeness (QED) is 0.773. The molecule has 2 nitrogen and oxygen atoms in total. The molecule has 0 saturated heterocycles. The zero-order valence-corrected chi connectivity index (χ0v) is 9.06. The summed E-state index contributed by atoms with van der Waals surface area (Å²) in [5.41, 5.74) is 0.963. The van der Waals surface area contributed by atoms with Crippen molar-refractivity contribution in [3.8, 4) is 0 Å². The van der Waals surface area contributed by atoms with Gasteiger partial charge in [0.25, 0.3) is 0 Å². The van der Waals surface area contributed by atoms with Gasteiger partial charge in [0.2, 0.25) is 0 Å². The number of aldehydes is 1. The highest BCUT2D eigenvalue weighted by atomic mass is 79.9. The number of fused-ring (bicyclic) bond motifs is 1. The van der Waals surface area contributed by atoms with Gasteiger partial charge in [-0.2, -0.15) is 0 Å². The number of carbonyl (C=O) groups excluding carboxylic acids is 1. The van der Waals surface area contributed by atoms with Gasteiger partial charge in [-0.25, -0.2) is 4.98 Å². The van der Waals surface area contributed by atoms with Crippen LogP contribution in [0.1, 0.15) is 5.01 Å². The third-order valence-corrected chi connectivity index (χ3v) is 3.19. The number of aromatic nitrogens is 1. The summed E-state index contributed by atoms with van der Waals surface area (Å²) in [5, 5.41) is 0.878. The summed E-state index contributed by atoms with van der Waals surface area (Å²) >= 11 is 4.95. The molecule has 66 valence electrons. The molecule has 0 radical (unpaired) electrons. The van der Waals surface area contributed by atoms with Gasteiger partial charge in [-0.15, -0.1) is 11.3 Å². The lowest BCUT2D eigenvalue weighted by Crippen LogP contribution is -1.81. The molecular weight excluding hydrogens is 250 g/mol. The Morgan fingerprint density at radius 3 is 3.15 bits per heavy atom. The van der Waals surface area contributed by atoms with E-state index >= 15 is 0 Å². The summed E-state index contributed by atoms with van der Waals surface area (Å²) < 4.78 is 2.16. The lowest BCUT2D eigenvalue weighted by molar-refractivity contribution is -0.107. The first-order valence-corrected chi connectivity index (χ1v) is 5.39. The van der Waals surface area contributed by atoms with Crippen molar-refractivity contribution in [2.24, 2.45) is 0 Å². The molecule has 0 N–H and O–H groups in total. The number of hydrogen-bond donors (Lipinski definition) is 0. The van der Waals surface area contributed by atoms with E-state index in [0.717, 1.165) is 26.0 Å². The second kappa shape index (κ2) is 3.55. The minimum atomic E-state index is 0.414. The third-order valence-electron chi connectivity index (χ3n) is 1.65. The first-order valence-electron chi connectivity index (χ1n) is 3.78. The highest BCUT2D eigenvalue weighted by Crippen LogP contribution is 2.25. The van der Waals surface area contributed by atoms with Crippen LogP contribution in [0.3, 0.4) is 0 Å². The molecule has 4 heteroatoms. The maximum Gasteiger partial charge on any atom is 0.126 e. The smallest absolute Gasteiger partial charge is 0.126 e. The summed E-state index contributed by atoms with van der Waals surface area (Å²) in [6.07, 6.45) is 1.30. The van der Waals surface area contributed by atoms with Crippen molar-refractivity contribution >= 4 is 43.8 Å². The van der Waals surface area contributed by atoms with Crippen LogP contribution in [-0.2, 0) is 11.2 Å². The van der Waals surface area contributed by atoms with Crippen molar-refractivity contribution in [3.05, 3.63) is 27.7 Å². The van der Waals surface area contributed by atoms with Gasteiger partial charge in [0.05, 0.1) is 16.6 Å². The summed E-state index contributed by atoms with van der Waals surface area (Å²) in [4.78, 5) is 14.6. The Labute approximate surface area is 87.7 Å². The molecule has 0 spiro atoms. The van der Waals surface area contributed by atoms with Gasteiger partial charge in [-0.3, -0.25) is 0 Å². The third kappa shape index (κ3) is 1.78. The van der Waals surface area contributed by atoms with Crippen molar-refractivity contribution in [2.45, 2.75) is 6.42 Å². The van der Waals surface area contributed by atoms with Crippen LogP contribution in [-0.4, -0.2) is 11.3 Å². The molecule has 1 aromatic carbocycles. The van der Waals surface area contributed by atoms with E-state index in [0.29, 0.717) is 6.42 Å². The monoisotopic (exact) mass is 255 g/mol. The molecule has 0 amide bonds. The maximum atomic E-state index is 10.3. The lowest BCUT2D eigenvalue weighted by atomic mass is 10.3. The second-order valence-electron chi connectivity index (χ2n) is 2.59. The molecule has 13 heavy (non-hydrogen) atoms. The zero-order valence-electron chi connectivity index (χ0n) is 6.66. The van der Waals surface area contributed by atoms with Gasteiger partial charge in [-0.05, 0) is 18.2 Å². The van der Waals surface area contributed by atoms with E-state index in [-0.39, 0.29) is 0 Å². The average Bonchev–Trinajstić information content (AvgIpc) is 2.46. The molecule has 2 rings (SSSR count). The van der Waals surface area contributed by atoms with Crippen molar-refractivity contribution < 1.29 is 4.79 Å². The van der Waals surface area contributed by atoms with Crippen LogP contribution in [0.15, 0.2) is 22.7 Å². The molecule has 2 aromatic rings. The fourth-order valence-electron chi connectivity index (χ4n) is 1.10. The number of carbonyl (C=O) groups is 1. The van der Waals surface area contributed by atoms with E-state index in [2.05, 4.69) is 20.9 Å². The van der Waals surface area contributed by atoms with Crippen molar-refractivity contribution in [3.63, 3.8) is 0 Å². The molecule has 1 heterocycles. The summed E-state index contributed by atoms with van der Waals surface area (Å²) in [6.45, 7) is 0. The number of nitrogens with zero attached hydrogens (tertiary/aromatic N) is 1. The standard InChI is InChI=1S/C9H6BrNOS/c10-6-1-2-7-8(5-6)13-9(11-7)3-4-12/h1-2,4-5H,3H2. The normalized spacial score (nSPS) is 10.5. The number of halogens is 1. The largest absolute Gasteiger partial charge is 0.303 e. The fraction of sp³-hybridized carbons (Fsp3) is 0.111. The Morgan fingerprint density at radius 1 is 1.54 bits per heavy atom. The number of rotatable bonds is 2. The topological polar surface area (TPSA) is 30.0 Å². The van der Waals surface area contributed by atoms with Gasteiger partial charge < -0.3 is 4.79 Å². The first kappa shape index (κ1) is 8.84. The highest BCUT2D eigenvalue weighted by molar-refractivity contribution is 9.10. The Morgan fingerprint density at radius 2 is 2.38 bits per heavy atom. The van der Waals surface area contributed by atoms with Gasteiger partial charge in [-0.1, -0.05) is 15.9 Å². The summed E-state index contributed by atoms with van der Waals surface area (Å²) in [6, 6.07) is 5.91. The minimum absolute atomic E-state index is 0.414. The van der Waals surface area contributed by atoms with Crippen molar-refractivity contribution in [1.29, 1.82) is 0 Å². The second-order valence-corrected chi connectivity index (χ2v) is 4.62. The predicted octanol–water partition coefficient (Wildman–Crippen LogP) is 2.80. The van der Waals surface area contributed by atoms with E-state index in [4.69, 9.17) is 0 Å². The molecular formula is C9H6BrNOS. The molecule has 0 aliphatic heterocycles. The Kier molecular flexibility index (Phi) is 2.42. The van der Waals surface area contributed by atoms with Gasteiger partial charge in [0, 0.05) is 4.47 Å². The van der Waals surface area contributed by atoms with Gasteiger partial charge in [0.1, 0.15) is 11.3 Å². The molecule has 0 aliphatic carbocycles. The van der Waals surface area contributed by atoms with Crippen LogP contribution in [0.5, 0.6) is 0 Å². The van der Waals surface area contributed by atoms with Crippen molar-refractivity contribution in [1.82, 2.24) is 4.98 Å². The van der Waals surface area contributed by atoms with E-state index < -0.39 is 0 Å². The van der Waals surface area contributed by atoms with Crippen LogP contribution in [0.4, 0.5) is 0 Å². The number of thiazole rings is 1. The lowest BCUT2D eigenvalue weighted by Gasteiger charge is -1.86. The predicted molar refractivity (Wildman–Crippen MR) is 57.1 cm³/mol. The molecule has 0 bridgehead atoms. The number of benzene rings is 1. The van der Waals surface area contributed by atoms with E-state index in [1.165, 1.54) is 0 Å². The van der Waals surface area contributed by atoms with Crippen LogP contribution >= 0.6 is 27.3 Å². The van der Waals surface area contributed by atoms with Crippen LogP contribution in [0.2, 0.25) is 0 Å². The van der Waals surface area contributed by atoms with Gasteiger partial charge in [0.15, 0.2) is 0 Å². The minimum Gasteiger partial charge on any atom is -0.303 e. The van der Waals surface area contributed by atoms with Crippen LogP contribution < -0.4 is 0 Å². The Bertz CT molecular complexity index is 452. The highest BCUT2D eigenvalue weighted by Gasteiger charge is 2.02. The molecule has 0 fully saturated rings. The van der Waals surface area contributed by atoms with E-state index in [9.17, 15) is 4.79 Å². The maximum absolute atomic E-state index is 10.3. The summed E-state index contributed by atoms with van der Waals surface area (Å²) in [7, 11) is 0. The SMILES string of the molecule is O=CCc1nc2ccc(Br)cc2s1. The Balaban J connectivity index is 2.55. The fourth-order valence-corrected chi connectivity index (χ4v) is 2.57. The zero-order chi connectivity index (χ0) is 9.26. The molecule has 1 aromatic heterocycles. The number of hydrogen-bond acceptors (Lipinski definition) is 3. The molecule has 0 saturated carbocycles. The average molecular weight is 256 g/mol. The summed E-state index contributed by atoms with van der Waals surface area (Å²) in [5.74, 6) is 0. The first-order chi connectivity index (χ1) is 6.29. The van der Waals surface area contributed by atoms with E-state index in [1.54, 1.807) is 11.3 Å². The molecule has 0 atom stereocenters. The Hall–Kier alpha value is -0.740. The van der Waals surface area contributed by atoms with Crippen LogP contribution in [0.25, 0.3) is 10.2 Å². The molecule has 0 unspecified atom stereocenters.